The van der Waals surface area contributed by atoms with Crippen LogP contribution in [0.3, 0.4) is 0 Å². The van der Waals surface area contributed by atoms with Gasteiger partial charge in [0.1, 0.15) is 5.01 Å². The smallest absolute Gasteiger partial charge is 0.312 e. The molecule has 9 heteroatoms. The number of nitro groups is 1. The molecule has 0 unspecified atom stereocenters. The molecule has 0 bridgehead atoms. The number of thiazole rings is 1. The third-order valence-electron chi connectivity index (χ3n) is 2.20. The van der Waals surface area contributed by atoms with E-state index in [9.17, 15) is 10.1 Å². The van der Waals surface area contributed by atoms with Gasteiger partial charge >= 0.3 is 5.69 Å². The number of hydrogen-bond donors (Lipinski definition) is 2. The highest BCUT2D eigenvalue weighted by atomic mass is 35.5. The Morgan fingerprint density at radius 2 is 2.37 bits per heavy atom. The van der Waals surface area contributed by atoms with Gasteiger partial charge in [0.2, 0.25) is 5.82 Å². The summed E-state index contributed by atoms with van der Waals surface area (Å²) in [5, 5.41) is 25.2. The Labute approximate surface area is 117 Å². The largest absolute Gasteiger partial charge is 0.390 e. The lowest BCUT2D eigenvalue weighted by atomic mass is 10.4. The molecule has 7 nitrogen and oxygen atoms in total. The highest BCUT2D eigenvalue weighted by Crippen LogP contribution is 2.25. The van der Waals surface area contributed by atoms with Gasteiger partial charge in [0.05, 0.1) is 28.8 Å². The molecule has 2 aromatic heterocycles. The maximum atomic E-state index is 10.9. The van der Waals surface area contributed by atoms with Gasteiger partial charge in [-0.15, -0.1) is 11.3 Å². The molecule has 0 aliphatic rings. The molecular formula is C10H9ClN4O3S. The van der Waals surface area contributed by atoms with Gasteiger partial charge in [0.25, 0.3) is 0 Å². The number of aromatic nitrogens is 2. The van der Waals surface area contributed by atoms with E-state index >= 15 is 0 Å². The third-order valence-corrected chi connectivity index (χ3v) is 3.30. The Bertz CT molecular complexity index is 604. The first-order valence-electron chi connectivity index (χ1n) is 5.18. The van der Waals surface area contributed by atoms with Crippen LogP contribution in [0.5, 0.6) is 0 Å². The summed E-state index contributed by atoms with van der Waals surface area (Å²) < 4.78 is 0. The van der Waals surface area contributed by atoms with Crippen LogP contribution in [0.2, 0.25) is 5.02 Å². The minimum Gasteiger partial charge on any atom is -0.390 e. The molecule has 0 atom stereocenters. The fourth-order valence-corrected chi connectivity index (χ4v) is 2.24. The minimum absolute atomic E-state index is 0.129. The first-order chi connectivity index (χ1) is 9.10. The van der Waals surface area contributed by atoms with E-state index in [1.807, 2.05) is 0 Å². The number of pyridine rings is 1. The number of nitrogens with one attached hydrogen (secondary N) is 1. The molecule has 0 radical (unpaired) electrons. The van der Waals surface area contributed by atoms with Gasteiger partial charge in [-0.3, -0.25) is 10.1 Å². The van der Waals surface area contributed by atoms with E-state index in [-0.39, 0.29) is 23.1 Å². The van der Waals surface area contributed by atoms with Crippen LogP contribution in [-0.2, 0) is 13.2 Å². The van der Waals surface area contributed by atoms with Crippen molar-refractivity contribution in [1.29, 1.82) is 0 Å². The van der Waals surface area contributed by atoms with E-state index in [0.717, 1.165) is 0 Å². The van der Waals surface area contributed by atoms with Crippen molar-refractivity contribution in [3.8, 4) is 0 Å². The van der Waals surface area contributed by atoms with Crippen molar-refractivity contribution >= 4 is 34.4 Å². The second-order valence-corrected chi connectivity index (χ2v) is 4.90. The molecule has 2 N–H and O–H groups in total. The van der Waals surface area contributed by atoms with E-state index in [4.69, 9.17) is 16.7 Å². The highest BCUT2D eigenvalue weighted by molar-refractivity contribution is 7.09. The van der Waals surface area contributed by atoms with Crippen LogP contribution in [0.4, 0.5) is 11.5 Å². The van der Waals surface area contributed by atoms with Crippen LogP contribution in [0, 0.1) is 10.1 Å². The van der Waals surface area contributed by atoms with E-state index < -0.39 is 4.92 Å². The summed E-state index contributed by atoms with van der Waals surface area (Å²) in [7, 11) is 0. The number of rotatable bonds is 5. The van der Waals surface area contributed by atoms with E-state index in [2.05, 4.69) is 15.3 Å². The summed E-state index contributed by atoms with van der Waals surface area (Å²) in [5.74, 6) is 0.134. The monoisotopic (exact) mass is 300 g/mol. The standard InChI is InChI=1S/C10H9ClN4O3S/c11-6-1-8(15(17)18)10(12-2-6)13-3-9-14-7(4-16)5-19-9/h1-2,5,16H,3-4H2,(H,12,13). The van der Waals surface area contributed by atoms with Gasteiger partial charge in [-0.05, 0) is 0 Å². The quantitative estimate of drug-likeness (QED) is 0.648. The summed E-state index contributed by atoms with van der Waals surface area (Å²) >= 11 is 7.02. The van der Waals surface area contributed by atoms with Crippen molar-refractivity contribution < 1.29 is 10.0 Å². The van der Waals surface area contributed by atoms with Crippen LogP contribution >= 0.6 is 22.9 Å². The Hall–Kier alpha value is -1.77. The molecule has 0 aliphatic carbocycles. The van der Waals surface area contributed by atoms with Crippen LogP contribution in [-0.4, -0.2) is 20.0 Å². The highest BCUT2D eigenvalue weighted by Gasteiger charge is 2.16. The maximum Gasteiger partial charge on any atom is 0.312 e. The molecule has 0 spiro atoms. The van der Waals surface area contributed by atoms with E-state index in [1.165, 1.54) is 23.6 Å². The number of anilines is 1. The predicted molar refractivity (Wildman–Crippen MR) is 71.3 cm³/mol. The third kappa shape index (κ3) is 3.37. The Morgan fingerprint density at radius 3 is 3.00 bits per heavy atom. The lowest BCUT2D eigenvalue weighted by Gasteiger charge is -2.04. The molecule has 100 valence electrons. The van der Waals surface area contributed by atoms with Gasteiger partial charge in [0.15, 0.2) is 0 Å². The van der Waals surface area contributed by atoms with Crippen LogP contribution in [0.25, 0.3) is 0 Å². The van der Waals surface area contributed by atoms with Crippen molar-refractivity contribution in [3.63, 3.8) is 0 Å². The average Bonchev–Trinajstić information content (AvgIpc) is 2.85. The summed E-state index contributed by atoms with van der Waals surface area (Å²) in [4.78, 5) is 18.3. The summed E-state index contributed by atoms with van der Waals surface area (Å²) in [6, 6.07) is 1.23. The molecule has 0 amide bonds. The number of aliphatic hydroxyl groups excluding tert-OH is 1. The zero-order chi connectivity index (χ0) is 13.8. The molecule has 0 saturated heterocycles. The number of nitrogens with zero attached hydrogens (tertiary/aromatic N) is 3. The van der Waals surface area contributed by atoms with Crippen molar-refractivity contribution in [1.82, 2.24) is 9.97 Å². The van der Waals surface area contributed by atoms with Crippen molar-refractivity contribution in [3.05, 3.63) is 43.5 Å². The molecule has 0 aliphatic heterocycles. The lowest BCUT2D eigenvalue weighted by molar-refractivity contribution is -0.384. The fraction of sp³-hybridized carbons (Fsp3) is 0.200. The Kier molecular flexibility index (Phi) is 4.25. The molecule has 19 heavy (non-hydrogen) atoms. The summed E-state index contributed by atoms with van der Waals surface area (Å²) in [6.45, 7) is 0.163. The minimum atomic E-state index is -0.553. The first kappa shape index (κ1) is 13.7. The molecular weight excluding hydrogens is 292 g/mol. The Morgan fingerprint density at radius 1 is 1.58 bits per heavy atom. The molecule has 0 aromatic carbocycles. The Balaban J connectivity index is 2.12. The summed E-state index contributed by atoms with van der Waals surface area (Å²) in [6.07, 6.45) is 1.33. The van der Waals surface area contributed by atoms with E-state index in [0.29, 0.717) is 17.2 Å². The van der Waals surface area contributed by atoms with Gasteiger partial charge in [-0.25, -0.2) is 9.97 Å². The molecule has 0 saturated carbocycles. The molecule has 2 rings (SSSR count). The van der Waals surface area contributed by atoms with Crippen LogP contribution < -0.4 is 5.32 Å². The van der Waals surface area contributed by atoms with Gasteiger partial charge in [-0.2, -0.15) is 0 Å². The van der Waals surface area contributed by atoms with E-state index in [1.54, 1.807) is 5.38 Å². The first-order valence-corrected chi connectivity index (χ1v) is 6.44. The zero-order valence-corrected chi connectivity index (χ0v) is 11.1. The fourth-order valence-electron chi connectivity index (χ4n) is 1.37. The lowest BCUT2D eigenvalue weighted by Crippen LogP contribution is -2.04. The van der Waals surface area contributed by atoms with Crippen molar-refractivity contribution in [2.45, 2.75) is 13.2 Å². The second kappa shape index (κ2) is 5.91. The predicted octanol–water partition coefficient (Wildman–Crippen LogP) is 2.20. The second-order valence-electron chi connectivity index (χ2n) is 3.52. The SMILES string of the molecule is O=[N+]([O-])c1cc(Cl)cnc1NCc1nc(CO)cs1. The molecule has 2 heterocycles. The normalized spacial score (nSPS) is 10.4. The maximum absolute atomic E-state index is 10.9. The topological polar surface area (TPSA) is 101 Å². The van der Waals surface area contributed by atoms with Crippen LogP contribution in [0.1, 0.15) is 10.7 Å². The summed E-state index contributed by atoms with van der Waals surface area (Å²) in [5.41, 5.74) is 0.381. The number of hydrogen-bond acceptors (Lipinski definition) is 7. The zero-order valence-electron chi connectivity index (χ0n) is 9.54. The number of aliphatic hydroxyl groups is 1. The molecule has 0 fully saturated rings. The van der Waals surface area contributed by atoms with Gasteiger partial charge < -0.3 is 10.4 Å². The number of halogens is 1. The van der Waals surface area contributed by atoms with Crippen molar-refractivity contribution in [2.75, 3.05) is 5.32 Å². The van der Waals surface area contributed by atoms with Crippen LogP contribution in [0.15, 0.2) is 17.6 Å². The van der Waals surface area contributed by atoms with Gasteiger partial charge in [-0.1, -0.05) is 11.6 Å². The molecule has 2 aromatic rings. The average molecular weight is 301 g/mol. The van der Waals surface area contributed by atoms with Gasteiger partial charge in [0, 0.05) is 17.6 Å². The van der Waals surface area contributed by atoms with Crippen molar-refractivity contribution in [2.24, 2.45) is 0 Å².